The number of nitrogens with one attached hydrogen (secondary N) is 2. The van der Waals surface area contributed by atoms with Gasteiger partial charge in [0.1, 0.15) is 0 Å². The zero-order chi connectivity index (χ0) is 19.3. The first kappa shape index (κ1) is 15.2. The molecule has 0 bridgehead atoms. The lowest BCUT2D eigenvalue weighted by atomic mass is 9.92. The van der Waals surface area contributed by atoms with E-state index >= 15 is 0 Å². The molecule has 0 aliphatic carbocycles. The summed E-state index contributed by atoms with van der Waals surface area (Å²) in [5.41, 5.74) is 2.93. The van der Waals surface area contributed by atoms with Crippen molar-refractivity contribution in [2.24, 2.45) is 0 Å². The molecular weight excluding hydrogens is 380 g/mol. The molecule has 0 saturated carbocycles. The number of hydrogen-bond acceptors (Lipinski definition) is 3. The molecule has 0 unspecified atom stereocenters. The normalized spacial score (nSPS) is 13.9. The third-order valence-electron chi connectivity index (χ3n) is 5.95. The Balaban J connectivity index is 1.84. The Hall–Kier alpha value is -3.70. The molecule has 7 rings (SSSR count). The number of hydrogen-bond donors (Lipinski definition) is 2. The first-order chi connectivity index (χ1) is 14.2. The Morgan fingerprint density at radius 1 is 0.655 bits per heavy atom. The minimum Gasteiger partial charge on any atom is -0.353 e. The molecule has 4 aromatic carbocycles. The third-order valence-corrected chi connectivity index (χ3v) is 7.14. The molecule has 4 nitrogen and oxygen atoms in total. The van der Waals surface area contributed by atoms with Gasteiger partial charge in [-0.25, -0.2) is 0 Å². The first-order valence-corrected chi connectivity index (χ1v) is 10.2. The van der Waals surface area contributed by atoms with Gasteiger partial charge >= 0.3 is 0 Å². The van der Waals surface area contributed by atoms with Crippen LogP contribution in [0.1, 0.15) is 20.7 Å². The van der Waals surface area contributed by atoms with Crippen molar-refractivity contribution in [3.05, 3.63) is 71.8 Å². The fourth-order valence-electron chi connectivity index (χ4n) is 4.77. The summed E-state index contributed by atoms with van der Waals surface area (Å²) in [5, 5.41) is 8.36. The molecule has 3 heterocycles. The zero-order valence-corrected chi connectivity index (χ0v) is 15.8. The van der Waals surface area contributed by atoms with Crippen molar-refractivity contribution >= 4 is 75.9 Å². The van der Waals surface area contributed by atoms with Gasteiger partial charge in [0.2, 0.25) is 0 Å². The minimum atomic E-state index is -0.316. The Bertz CT molecular complexity index is 1720. The topological polar surface area (TPSA) is 62.0 Å². The van der Waals surface area contributed by atoms with Crippen LogP contribution in [0.15, 0.2) is 60.7 Å². The van der Waals surface area contributed by atoms with Crippen molar-refractivity contribution in [3.8, 4) is 0 Å². The lowest BCUT2D eigenvalue weighted by Crippen LogP contribution is -2.20. The average molecular weight is 392 g/mol. The Labute approximate surface area is 167 Å². The lowest BCUT2D eigenvalue weighted by Gasteiger charge is -2.09. The highest BCUT2D eigenvalue weighted by Crippen LogP contribution is 2.45. The summed E-state index contributed by atoms with van der Waals surface area (Å²) in [6.07, 6.45) is 0. The van der Waals surface area contributed by atoms with Gasteiger partial charge in [-0.2, -0.15) is 0 Å². The molecule has 0 fully saturated rings. The molecule has 136 valence electrons. The van der Waals surface area contributed by atoms with Gasteiger partial charge in [0.15, 0.2) is 0 Å². The third kappa shape index (κ3) is 1.74. The number of aromatic nitrogens is 1. The molecule has 1 aliphatic rings. The van der Waals surface area contributed by atoms with Crippen LogP contribution in [-0.4, -0.2) is 16.8 Å². The van der Waals surface area contributed by atoms with Gasteiger partial charge in [-0.05, 0) is 16.8 Å². The van der Waals surface area contributed by atoms with E-state index in [2.05, 4.69) is 34.6 Å². The molecule has 2 N–H and O–H groups in total. The number of carbonyl (C=O) groups is 2. The van der Waals surface area contributed by atoms with Crippen molar-refractivity contribution in [1.29, 1.82) is 0 Å². The van der Waals surface area contributed by atoms with Crippen LogP contribution < -0.4 is 5.32 Å². The maximum Gasteiger partial charge on any atom is 0.259 e. The number of fused-ring (bicyclic) bond motifs is 12. The van der Waals surface area contributed by atoms with Crippen molar-refractivity contribution in [1.82, 2.24) is 10.3 Å². The highest BCUT2D eigenvalue weighted by Gasteiger charge is 2.34. The van der Waals surface area contributed by atoms with E-state index < -0.39 is 0 Å². The average Bonchev–Trinajstić information content (AvgIpc) is 3.37. The maximum absolute atomic E-state index is 12.9. The number of amides is 2. The number of aromatic amines is 1. The predicted octanol–water partition coefficient (Wildman–Crippen LogP) is 5.73. The van der Waals surface area contributed by atoms with Gasteiger partial charge in [-0.15, -0.1) is 11.3 Å². The molecule has 5 heteroatoms. The summed E-state index contributed by atoms with van der Waals surface area (Å²) >= 11 is 1.66. The second-order valence-corrected chi connectivity index (χ2v) is 8.47. The van der Waals surface area contributed by atoms with Crippen molar-refractivity contribution < 1.29 is 9.59 Å². The smallest absolute Gasteiger partial charge is 0.259 e. The number of imide groups is 1. The van der Waals surface area contributed by atoms with Crippen LogP contribution in [0.3, 0.4) is 0 Å². The van der Waals surface area contributed by atoms with Crippen LogP contribution in [0.2, 0.25) is 0 Å². The molecule has 2 aromatic heterocycles. The van der Waals surface area contributed by atoms with E-state index in [1.807, 2.05) is 36.4 Å². The van der Waals surface area contributed by atoms with Gasteiger partial charge in [0.25, 0.3) is 11.8 Å². The summed E-state index contributed by atoms with van der Waals surface area (Å²) in [6, 6.07) is 20.3. The quantitative estimate of drug-likeness (QED) is 0.256. The van der Waals surface area contributed by atoms with Crippen molar-refractivity contribution in [2.75, 3.05) is 0 Å². The van der Waals surface area contributed by atoms with Gasteiger partial charge in [0, 0.05) is 26.2 Å². The molecule has 0 atom stereocenters. The molecule has 0 spiro atoms. The number of benzene rings is 4. The number of H-pyrrole nitrogens is 1. The summed E-state index contributed by atoms with van der Waals surface area (Å²) in [6.45, 7) is 0. The van der Waals surface area contributed by atoms with Gasteiger partial charge in [-0.3, -0.25) is 14.9 Å². The van der Waals surface area contributed by atoms with E-state index in [1.54, 1.807) is 11.3 Å². The zero-order valence-electron chi connectivity index (χ0n) is 15.0. The van der Waals surface area contributed by atoms with Crippen molar-refractivity contribution in [2.45, 2.75) is 0 Å². The summed E-state index contributed by atoms with van der Waals surface area (Å²) in [4.78, 5) is 29.3. The highest BCUT2D eigenvalue weighted by atomic mass is 32.1. The number of carbonyl (C=O) groups excluding carboxylic acids is 2. The highest BCUT2D eigenvalue weighted by molar-refractivity contribution is 7.26. The second kappa shape index (κ2) is 5.01. The molecule has 1 aliphatic heterocycles. The standard InChI is InChI=1S/C24H12N2O2S/c27-23-17-16-12-6-2-1-5-11(12)9-10-14(16)20-19(18(17)24(28)26-23)22-21(25-20)13-7-3-4-8-15(13)29-22/h1-10,25H,(H,26,27,28). The summed E-state index contributed by atoms with van der Waals surface area (Å²) in [5.74, 6) is -0.632. The van der Waals surface area contributed by atoms with Crippen LogP contribution >= 0.6 is 11.3 Å². The van der Waals surface area contributed by atoms with E-state index in [0.29, 0.717) is 11.1 Å². The van der Waals surface area contributed by atoms with Crippen LogP contribution in [0.25, 0.3) is 52.8 Å². The number of rotatable bonds is 0. The molecule has 29 heavy (non-hydrogen) atoms. The van der Waals surface area contributed by atoms with Gasteiger partial charge in [0.05, 0.1) is 26.9 Å². The van der Waals surface area contributed by atoms with Crippen LogP contribution in [0.4, 0.5) is 0 Å². The predicted molar refractivity (Wildman–Crippen MR) is 118 cm³/mol. The molecular formula is C24H12N2O2S. The minimum absolute atomic E-state index is 0.316. The van der Waals surface area contributed by atoms with E-state index in [-0.39, 0.29) is 11.8 Å². The molecule has 6 aromatic rings. The fourth-order valence-corrected chi connectivity index (χ4v) is 5.98. The SMILES string of the molecule is O=C1NC(=O)c2c1c1c3ccccc3ccc1c1[nH]c3c4ccccc4sc3c21. The largest absolute Gasteiger partial charge is 0.353 e. The maximum atomic E-state index is 12.9. The van der Waals surface area contributed by atoms with Crippen LogP contribution in [0, 0.1) is 0 Å². The Morgan fingerprint density at radius 3 is 2.24 bits per heavy atom. The fraction of sp³-hybridized carbons (Fsp3) is 0. The van der Waals surface area contributed by atoms with Crippen molar-refractivity contribution in [3.63, 3.8) is 0 Å². The van der Waals surface area contributed by atoms with E-state index in [0.717, 1.165) is 52.8 Å². The van der Waals surface area contributed by atoms with E-state index in [9.17, 15) is 9.59 Å². The van der Waals surface area contributed by atoms with Crippen LogP contribution in [0.5, 0.6) is 0 Å². The summed E-state index contributed by atoms with van der Waals surface area (Å²) in [7, 11) is 0. The molecule has 0 saturated heterocycles. The van der Waals surface area contributed by atoms with E-state index in [1.165, 1.54) is 0 Å². The first-order valence-electron chi connectivity index (χ1n) is 9.38. The lowest BCUT2D eigenvalue weighted by molar-refractivity contribution is 0.0880. The second-order valence-electron chi connectivity index (χ2n) is 7.42. The van der Waals surface area contributed by atoms with Gasteiger partial charge in [-0.1, -0.05) is 54.6 Å². The van der Waals surface area contributed by atoms with E-state index in [4.69, 9.17) is 0 Å². The molecule has 0 radical (unpaired) electrons. The van der Waals surface area contributed by atoms with Gasteiger partial charge < -0.3 is 4.98 Å². The van der Waals surface area contributed by atoms with Crippen LogP contribution in [-0.2, 0) is 0 Å². The molecule has 2 amide bonds. The summed E-state index contributed by atoms with van der Waals surface area (Å²) < 4.78 is 2.19. The monoisotopic (exact) mass is 392 g/mol. The Morgan fingerprint density at radius 2 is 1.38 bits per heavy atom. The number of thiophene rings is 1. The Kier molecular flexibility index (Phi) is 2.64.